The largest absolute Gasteiger partial charge is 0.497 e. The van der Waals surface area contributed by atoms with Crippen molar-refractivity contribution in [1.29, 1.82) is 5.26 Å². The Morgan fingerprint density at radius 2 is 2.04 bits per heavy atom. The lowest BCUT2D eigenvalue weighted by molar-refractivity contribution is -0.117. The van der Waals surface area contributed by atoms with E-state index in [0.717, 1.165) is 30.6 Å². The van der Waals surface area contributed by atoms with Crippen LogP contribution in [-0.2, 0) is 4.79 Å². The fraction of sp³-hybridized carbons (Fsp3) is 0.444. The summed E-state index contributed by atoms with van der Waals surface area (Å²) >= 11 is 0. The van der Waals surface area contributed by atoms with Crippen molar-refractivity contribution >= 4 is 5.91 Å². The molecule has 1 amide bonds. The summed E-state index contributed by atoms with van der Waals surface area (Å²) in [5.41, 5.74) is 0.968. The number of hydrogen-bond donors (Lipinski definition) is 3. The highest BCUT2D eigenvalue weighted by atomic mass is 16.5. The van der Waals surface area contributed by atoms with E-state index in [4.69, 9.17) is 15.1 Å². The van der Waals surface area contributed by atoms with Gasteiger partial charge < -0.3 is 20.5 Å². The van der Waals surface area contributed by atoms with Crippen LogP contribution in [0.25, 0.3) is 0 Å². The van der Waals surface area contributed by atoms with Crippen LogP contribution in [0.2, 0.25) is 0 Å². The fourth-order valence-electron chi connectivity index (χ4n) is 2.09. The van der Waals surface area contributed by atoms with Crippen molar-refractivity contribution in [3.8, 4) is 11.8 Å². The molecule has 0 aliphatic carbocycles. The van der Waals surface area contributed by atoms with E-state index in [-0.39, 0.29) is 18.2 Å². The van der Waals surface area contributed by atoms with Gasteiger partial charge in [-0.25, -0.2) is 0 Å². The number of nitriles is 1. The van der Waals surface area contributed by atoms with Gasteiger partial charge in [0.15, 0.2) is 0 Å². The molecule has 0 saturated carbocycles. The highest BCUT2D eigenvalue weighted by Gasteiger charge is 2.13. The van der Waals surface area contributed by atoms with Gasteiger partial charge in [-0.05, 0) is 43.9 Å². The van der Waals surface area contributed by atoms with Crippen LogP contribution >= 0.6 is 0 Å². The number of aliphatic hydroxyl groups excluding tert-OH is 1. The topological polar surface area (TPSA) is 94.4 Å². The molecule has 6 heteroatoms. The molecule has 0 saturated heterocycles. The molecule has 1 aromatic rings. The number of aliphatic hydroxyl groups is 1. The van der Waals surface area contributed by atoms with Crippen LogP contribution in [-0.4, -0.2) is 31.3 Å². The number of benzene rings is 1. The van der Waals surface area contributed by atoms with E-state index in [9.17, 15) is 4.79 Å². The van der Waals surface area contributed by atoms with Crippen molar-refractivity contribution in [1.82, 2.24) is 10.6 Å². The van der Waals surface area contributed by atoms with Crippen LogP contribution in [0.1, 0.15) is 37.8 Å². The van der Waals surface area contributed by atoms with Crippen LogP contribution in [0, 0.1) is 11.3 Å². The summed E-state index contributed by atoms with van der Waals surface area (Å²) in [6.07, 6.45) is 3.98. The van der Waals surface area contributed by atoms with Gasteiger partial charge in [0, 0.05) is 19.4 Å². The lowest BCUT2D eigenvalue weighted by atomic mass is 10.1. The van der Waals surface area contributed by atoms with E-state index in [0.29, 0.717) is 6.54 Å². The normalized spacial score (nSPS) is 12.2. The predicted octanol–water partition coefficient (Wildman–Crippen LogP) is 2.03. The quantitative estimate of drug-likeness (QED) is 0.346. The highest BCUT2D eigenvalue weighted by molar-refractivity contribution is 5.97. The highest BCUT2D eigenvalue weighted by Crippen LogP contribution is 2.17. The average molecular weight is 331 g/mol. The molecular weight excluding hydrogens is 306 g/mol. The molecule has 0 aliphatic rings. The van der Waals surface area contributed by atoms with Crippen LogP contribution in [0.5, 0.6) is 5.75 Å². The first-order valence-electron chi connectivity index (χ1n) is 8.01. The summed E-state index contributed by atoms with van der Waals surface area (Å²) in [6.45, 7) is 2.70. The molecule has 1 unspecified atom stereocenters. The molecule has 0 bridgehead atoms. The lowest BCUT2D eigenvalue weighted by Crippen LogP contribution is -2.28. The minimum absolute atomic E-state index is 0.0394. The molecule has 24 heavy (non-hydrogen) atoms. The predicted molar refractivity (Wildman–Crippen MR) is 92.2 cm³/mol. The first kappa shape index (κ1) is 19.5. The molecular formula is C18H25N3O3. The Bertz CT molecular complexity index is 576. The van der Waals surface area contributed by atoms with Crippen molar-refractivity contribution in [2.45, 2.75) is 32.2 Å². The van der Waals surface area contributed by atoms with Gasteiger partial charge in [-0.2, -0.15) is 5.26 Å². The number of amides is 1. The number of methoxy groups -OCH3 is 1. The Morgan fingerprint density at radius 3 is 2.62 bits per heavy atom. The third-order valence-corrected chi connectivity index (χ3v) is 3.55. The van der Waals surface area contributed by atoms with E-state index < -0.39 is 5.91 Å². The summed E-state index contributed by atoms with van der Waals surface area (Å²) in [6, 6.07) is 9.09. The summed E-state index contributed by atoms with van der Waals surface area (Å²) in [4.78, 5) is 12.1. The summed E-state index contributed by atoms with van der Waals surface area (Å²) < 4.78 is 5.10. The maximum absolute atomic E-state index is 12.1. The van der Waals surface area contributed by atoms with Crippen LogP contribution in [0.15, 0.2) is 36.0 Å². The molecule has 0 spiro atoms. The number of nitrogens with zero attached hydrogens (tertiary/aromatic N) is 1. The van der Waals surface area contributed by atoms with Crippen molar-refractivity contribution in [2.24, 2.45) is 0 Å². The van der Waals surface area contributed by atoms with Gasteiger partial charge in [0.05, 0.1) is 13.2 Å². The minimum Gasteiger partial charge on any atom is -0.497 e. The van der Waals surface area contributed by atoms with Gasteiger partial charge in [-0.15, -0.1) is 0 Å². The third kappa shape index (κ3) is 6.71. The van der Waals surface area contributed by atoms with Gasteiger partial charge in [-0.1, -0.05) is 12.1 Å². The second-order valence-electron chi connectivity index (χ2n) is 5.38. The zero-order valence-corrected chi connectivity index (χ0v) is 14.2. The van der Waals surface area contributed by atoms with Crippen molar-refractivity contribution in [2.75, 3.05) is 20.3 Å². The number of ether oxygens (including phenoxy) is 1. The standard InChI is InChI=1S/C18H25N3O3/c1-14(15-6-8-17(24-2)9-7-15)21-18(23)16(12-19)13-20-10-4-3-5-11-22/h6-9,13-14,20,22H,3-5,10-11H2,1-2H3,(H,21,23)/b16-13-. The number of carbonyl (C=O) groups is 1. The Labute approximate surface area is 143 Å². The summed E-state index contributed by atoms with van der Waals surface area (Å²) in [5.74, 6) is 0.337. The molecule has 0 heterocycles. The molecule has 3 N–H and O–H groups in total. The molecule has 0 aromatic heterocycles. The second-order valence-corrected chi connectivity index (χ2v) is 5.38. The number of hydrogen-bond acceptors (Lipinski definition) is 5. The molecule has 0 aliphatic heterocycles. The Kier molecular flexibility index (Phi) is 9.02. The maximum atomic E-state index is 12.1. The summed E-state index contributed by atoms with van der Waals surface area (Å²) in [5, 5.41) is 23.6. The summed E-state index contributed by atoms with van der Waals surface area (Å²) in [7, 11) is 1.60. The van der Waals surface area contributed by atoms with Gasteiger partial charge in [0.2, 0.25) is 0 Å². The zero-order valence-electron chi connectivity index (χ0n) is 14.2. The SMILES string of the molecule is COc1ccc(C(C)NC(=O)/C(C#N)=C\NCCCCCO)cc1. The molecule has 130 valence electrons. The van der Waals surface area contributed by atoms with Crippen LogP contribution < -0.4 is 15.4 Å². The smallest absolute Gasteiger partial charge is 0.263 e. The number of rotatable bonds is 10. The number of nitrogens with one attached hydrogen (secondary N) is 2. The number of carbonyl (C=O) groups excluding carboxylic acids is 1. The van der Waals surface area contributed by atoms with E-state index >= 15 is 0 Å². The molecule has 1 rings (SSSR count). The van der Waals surface area contributed by atoms with Crippen LogP contribution in [0.4, 0.5) is 0 Å². The lowest BCUT2D eigenvalue weighted by Gasteiger charge is -2.14. The monoisotopic (exact) mass is 331 g/mol. The molecule has 1 atom stereocenters. The molecule has 0 fully saturated rings. The van der Waals surface area contributed by atoms with Gasteiger partial charge in [0.25, 0.3) is 5.91 Å². The van der Waals surface area contributed by atoms with E-state index in [1.165, 1.54) is 6.20 Å². The fourth-order valence-corrected chi connectivity index (χ4v) is 2.09. The van der Waals surface area contributed by atoms with Gasteiger partial charge in [-0.3, -0.25) is 4.79 Å². The third-order valence-electron chi connectivity index (χ3n) is 3.55. The van der Waals surface area contributed by atoms with E-state index in [2.05, 4.69) is 10.6 Å². The first-order valence-corrected chi connectivity index (χ1v) is 8.01. The van der Waals surface area contributed by atoms with Crippen molar-refractivity contribution in [3.63, 3.8) is 0 Å². The second kappa shape index (κ2) is 11.1. The van der Waals surface area contributed by atoms with E-state index in [1.54, 1.807) is 7.11 Å². The minimum atomic E-state index is -0.413. The van der Waals surface area contributed by atoms with E-state index in [1.807, 2.05) is 37.3 Å². The molecule has 0 radical (unpaired) electrons. The molecule has 6 nitrogen and oxygen atoms in total. The first-order chi connectivity index (χ1) is 11.6. The van der Waals surface area contributed by atoms with Gasteiger partial charge >= 0.3 is 0 Å². The van der Waals surface area contributed by atoms with Crippen molar-refractivity contribution < 1.29 is 14.6 Å². The average Bonchev–Trinajstić information content (AvgIpc) is 2.61. The Hall–Kier alpha value is -2.52. The molecule has 1 aromatic carbocycles. The maximum Gasteiger partial charge on any atom is 0.263 e. The number of unbranched alkanes of at least 4 members (excludes halogenated alkanes) is 2. The Morgan fingerprint density at radius 1 is 1.33 bits per heavy atom. The Balaban J connectivity index is 2.51. The van der Waals surface area contributed by atoms with Gasteiger partial charge in [0.1, 0.15) is 17.4 Å². The van der Waals surface area contributed by atoms with Crippen molar-refractivity contribution in [3.05, 3.63) is 41.6 Å². The zero-order chi connectivity index (χ0) is 17.8. The van der Waals surface area contributed by atoms with Crippen LogP contribution in [0.3, 0.4) is 0 Å².